The van der Waals surface area contributed by atoms with Crippen LogP contribution < -0.4 is 5.56 Å². The maximum Gasteiger partial charge on any atom is 0.262 e. The number of nitrogens with one attached hydrogen (secondary N) is 1. The van der Waals surface area contributed by atoms with Gasteiger partial charge in [0.05, 0.1) is 17.4 Å². The van der Waals surface area contributed by atoms with Crippen LogP contribution in [0.25, 0.3) is 21.8 Å². The minimum absolute atomic E-state index is 0.0108. The zero-order valence-electron chi connectivity index (χ0n) is 15.3. The van der Waals surface area contributed by atoms with Gasteiger partial charge in [0, 0.05) is 23.2 Å². The molecule has 1 aromatic carbocycles. The van der Waals surface area contributed by atoms with Crippen molar-refractivity contribution in [3.05, 3.63) is 39.8 Å². The predicted octanol–water partition coefficient (Wildman–Crippen LogP) is 2.90. The van der Waals surface area contributed by atoms with Gasteiger partial charge in [-0.25, -0.2) is 0 Å². The lowest BCUT2D eigenvalue weighted by atomic mass is 10.1. The van der Waals surface area contributed by atoms with Gasteiger partial charge in [0.15, 0.2) is 0 Å². The fourth-order valence-electron chi connectivity index (χ4n) is 3.18. The molecule has 0 spiro atoms. The van der Waals surface area contributed by atoms with E-state index >= 15 is 0 Å². The van der Waals surface area contributed by atoms with E-state index in [9.17, 15) is 4.79 Å². The largest absolute Gasteiger partial charge is 0.308 e. The summed E-state index contributed by atoms with van der Waals surface area (Å²) in [5, 5.41) is 8.95. The molecule has 0 amide bonds. The van der Waals surface area contributed by atoms with E-state index in [0.29, 0.717) is 11.9 Å². The molecule has 0 saturated heterocycles. The van der Waals surface area contributed by atoms with Crippen LogP contribution in [0, 0.1) is 18.8 Å². The first-order valence-electron chi connectivity index (χ1n) is 8.83. The normalized spacial score (nSPS) is 11.2. The van der Waals surface area contributed by atoms with E-state index in [2.05, 4.69) is 40.8 Å². The zero-order valence-corrected chi connectivity index (χ0v) is 15.3. The Hall–Kier alpha value is -2.58. The monoisotopic (exact) mass is 336 g/mol. The Morgan fingerprint density at radius 3 is 2.68 bits per heavy atom. The number of fused-ring (bicyclic) bond motifs is 3. The molecule has 0 aliphatic heterocycles. The van der Waals surface area contributed by atoms with Crippen molar-refractivity contribution in [1.82, 2.24) is 19.7 Å². The van der Waals surface area contributed by atoms with Gasteiger partial charge in [-0.15, -0.1) is 0 Å². The van der Waals surface area contributed by atoms with Crippen molar-refractivity contribution < 1.29 is 0 Å². The minimum atomic E-state index is 0.0108. The number of hydrogen-bond donors (Lipinski definition) is 1. The summed E-state index contributed by atoms with van der Waals surface area (Å²) in [6, 6.07) is 6.00. The number of aromatic amines is 1. The molecule has 5 heteroatoms. The summed E-state index contributed by atoms with van der Waals surface area (Å²) in [5.41, 5.74) is 3.40. The molecular formula is C20H24N4O. The maximum atomic E-state index is 12.7. The number of pyridine rings is 1. The SMILES string of the molecule is CCN(CC)CC#Cc1ccc2c(c1)c1n[nH]c(C)c1c(=O)n2CC. The van der Waals surface area contributed by atoms with E-state index in [1.165, 1.54) is 0 Å². The van der Waals surface area contributed by atoms with Gasteiger partial charge in [0.1, 0.15) is 5.52 Å². The standard InChI is InChI=1S/C20H24N4O/c1-5-23(6-2)12-8-9-15-10-11-17-16(13-15)19-18(14(4)21-22-19)20(25)24(17)7-3/h10-11,13H,5-7,12H2,1-4H3,(H,21,22). The molecule has 25 heavy (non-hydrogen) atoms. The number of aryl methyl sites for hydroxylation is 2. The lowest BCUT2D eigenvalue weighted by molar-refractivity contribution is 0.342. The molecule has 2 heterocycles. The molecule has 0 aliphatic rings. The Labute approximate surface area is 147 Å². The third-order valence-electron chi connectivity index (χ3n) is 4.69. The van der Waals surface area contributed by atoms with E-state index in [1.54, 1.807) is 4.57 Å². The van der Waals surface area contributed by atoms with Crippen LogP contribution in [0.15, 0.2) is 23.0 Å². The van der Waals surface area contributed by atoms with Crippen molar-refractivity contribution in [2.24, 2.45) is 0 Å². The Balaban J connectivity index is 2.15. The van der Waals surface area contributed by atoms with Crippen LogP contribution in [0.4, 0.5) is 0 Å². The van der Waals surface area contributed by atoms with Crippen molar-refractivity contribution in [1.29, 1.82) is 0 Å². The molecule has 1 N–H and O–H groups in total. The lowest BCUT2D eigenvalue weighted by Crippen LogP contribution is -2.22. The Bertz CT molecular complexity index is 1030. The Kier molecular flexibility index (Phi) is 4.91. The fourth-order valence-corrected chi connectivity index (χ4v) is 3.18. The first kappa shape index (κ1) is 17.2. The van der Waals surface area contributed by atoms with Gasteiger partial charge in [-0.2, -0.15) is 5.10 Å². The van der Waals surface area contributed by atoms with Gasteiger partial charge in [-0.05, 0) is 45.1 Å². The van der Waals surface area contributed by atoms with Crippen LogP contribution in [-0.2, 0) is 6.54 Å². The molecule has 5 nitrogen and oxygen atoms in total. The summed E-state index contributed by atoms with van der Waals surface area (Å²) in [6.07, 6.45) is 0. The van der Waals surface area contributed by atoms with E-state index < -0.39 is 0 Å². The Morgan fingerprint density at radius 1 is 1.24 bits per heavy atom. The van der Waals surface area contributed by atoms with Crippen LogP contribution in [-0.4, -0.2) is 39.3 Å². The van der Waals surface area contributed by atoms with Gasteiger partial charge in [-0.1, -0.05) is 25.7 Å². The summed E-state index contributed by atoms with van der Waals surface area (Å²) in [7, 11) is 0. The molecule has 2 aromatic heterocycles. The quantitative estimate of drug-likeness (QED) is 0.745. The molecule has 130 valence electrons. The summed E-state index contributed by atoms with van der Waals surface area (Å²) in [4.78, 5) is 15.0. The first-order valence-corrected chi connectivity index (χ1v) is 8.83. The smallest absolute Gasteiger partial charge is 0.262 e. The number of nitrogens with zero attached hydrogens (tertiary/aromatic N) is 3. The third kappa shape index (κ3) is 3.06. The van der Waals surface area contributed by atoms with Crippen molar-refractivity contribution in [3.8, 4) is 11.8 Å². The van der Waals surface area contributed by atoms with Gasteiger partial charge >= 0.3 is 0 Å². The van der Waals surface area contributed by atoms with Crippen LogP contribution in [0.1, 0.15) is 32.0 Å². The lowest BCUT2D eigenvalue weighted by Gasteiger charge is -2.13. The molecule has 0 bridgehead atoms. The second kappa shape index (κ2) is 7.12. The van der Waals surface area contributed by atoms with E-state index in [-0.39, 0.29) is 5.56 Å². The first-order chi connectivity index (χ1) is 12.1. The average molecular weight is 336 g/mol. The highest BCUT2D eigenvalue weighted by molar-refractivity contribution is 6.04. The van der Waals surface area contributed by atoms with Crippen LogP contribution in [0.5, 0.6) is 0 Å². The molecule has 0 saturated carbocycles. The summed E-state index contributed by atoms with van der Waals surface area (Å²) in [5.74, 6) is 6.48. The molecule has 0 aliphatic carbocycles. The number of rotatable bonds is 4. The topological polar surface area (TPSA) is 53.9 Å². The predicted molar refractivity (Wildman–Crippen MR) is 103 cm³/mol. The zero-order chi connectivity index (χ0) is 18.0. The van der Waals surface area contributed by atoms with Crippen LogP contribution in [0.3, 0.4) is 0 Å². The second-order valence-corrected chi connectivity index (χ2v) is 6.12. The minimum Gasteiger partial charge on any atom is -0.308 e. The molecule has 0 atom stereocenters. The van der Waals surface area contributed by atoms with E-state index in [0.717, 1.165) is 47.3 Å². The highest BCUT2D eigenvalue weighted by Crippen LogP contribution is 2.23. The number of hydrogen-bond acceptors (Lipinski definition) is 3. The number of benzene rings is 1. The van der Waals surface area contributed by atoms with Gasteiger partial charge in [0.25, 0.3) is 5.56 Å². The summed E-state index contributed by atoms with van der Waals surface area (Å²) in [6.45, 7) is 11.5. The highest BCUT2D eigenvalue weighted by atomic mass is 16.1. The van der Waals surface area contributed by atoms with Gasteiger partial charge in [0.2, 0.25) is 0 Å². The molecule has 0 unspecified atom stereocenters. The average Bonchev–Trinajstić information content (AvgIpc) is 3.02. The van der Waals surface area contributed by atoms with E-state index in [4.69, 9.17) is 0 Å². The molecule has 0 radical (unpaired) electrons. The van der Waals surface area contributed by atoms with Crippen molar-refractivity contribution in [3.63, 3.8) is 0 Å². The molecule has 3 rings (SSSR count). The molecule has 3 aromatic rings. The summed E-state index contributed by atoms with van der Waals surface area (Å²) >= 11 is 0. The summed E-state index contributed by atoms with van der Waals surface area (Å²) < 4.78 is 1.80. The van der Waals surface area contributed by atoms with E-state index in [1.807, 2.05) is 32.0 Å². The third-order valence-corrected chi connectivity index (χ3v) is 4.69. The molecular weight excluding hydrogens is 312 g/mol. The van der Waals surface area contributed by atoms with Crippen molar-refractivity contribution in [2.75, 3.05) is 19.6 Å². The maximum absolute atomic E-state index is 12.7. The van der Waals surface area contributed by atoms with Crippen molar-refractivity contribution >= 4 is 21.8 Å². The highest BCUT2D eigenvalue weighted by Gasteiger charge is 2.14. The number of H-pyrrole nitrogens is 1. The van der Waals surface area contributed by atoms with Crippen molar-refractivity contribution in [2.45, 2.75) is 34.2 Å². The van der Waals surface area contributed by atoms with Crippen LogP contribution >= 0.6 is 0 Å². The number of aromatic nitrogens is 3. The Morgan fingerprint density at radius 2 is 2.00 bits per heavy atom. The van der Waals surface area contributed by atoms with Gasteiger partial charge in [-0.3, -0.25) is 14.8 Å². The fraction of sp³-hybridized carbons (Fsp3) is 0.400. The molecule has 0 fully saturated rings. The second-order valence-electron chi connectivity index (χ2n) is 6.12. The van der Waals surface area contributed by atoms with Gasteiger partial charge < -0.3 is 4.57 Å². The van der Waals surface area contributed by atoms with Crippen LogP contribution in [0.2, 0.25) is 0 Å².